The maximum absolute atomic E-state index is 12.5. The Morgan fingerprint density at radius 1 is 1.22 bits per heavy atom. The number of nitrogens with zero attached hydrogens (tertiary/aromatic N) is 1. The first kappa shape index (κ1) is 18.1. The third-order valence-corrected chi connectivity index (χ3v) is 7.08. The summed E-state index contributed by atoms with van der Waals surface area (Å²) in [4.78, 5) is 5.22. The molecule has 1 aromatic carbocycles. The molecule has 0 saturated carbocycles. The molecule has 0 saturated heterocycles. The van der Waals surface area contributed by atoms with Crippen LogP contribution in [0.1, 0.15) is 20.3 Å². The van der Waals surface area contributed by atoms with E-state index in [1.165, 1.54) is 12.1 Å². The van der Waals surface area contributed by atoms with Gasteiger partial charge in [0.25, 0.3) is 0 Å². The first-order valence-electron chi connectivity index (χ1n) is 7.30. The molecule has 1 aromatic rings. The Bertz CT molecular complexity index is 693. The van der Waals surface area contributed by atoms with Crippen molar-refractivity contribution in [3.63, 3.8) is 0 Å². The van der Waals surface area contributed by atoms with E-state index in [4.69, 9.17) is 13.9 Å². The van der Waals surface area contributed by atoms with Crippen molar-refractivity contribution >= 4 is 23.1 Å². The van der Waals surface area contributed by atoms with Crippen LogP contribution in [0.25, 0.3) is 0 Å². The highest BCUT2D eigenvalue weighted by Crippen LogP contribution is 2.48. The van der Waals surface area contributed by atoms with Gasteiger partial charge < -0.3 is 13.9 Å². The second-order valence-corrected chi connectivity index (χ2v) is 9.00. The van der Waals surface area contributed by atoms with Crippen molar-refractivity contribution in [2.45, 2.75) is 30.6 Å². The minimum atomic E-state index is -3.66. The molecule has 0 N–H and O–H groups in total. The van der Waals surface area contributed by atoms with Crippen LogP contribution in [-0.4, -0.2) is 38.9 Å². The average molecular weight is 361 g/mol. The molecule has 1 aliphatic rings. The van der Waals surface area contributed by atoms with E-state index in [9.17, 15) is 13.0 Å². The molecule has 1 aliphatic heterocycles. The molecule has 23 heavy (non-hydrogen) atoms. The number of rotatable bonds is 8. The maximum atomic E-state index is 12.5. The molecule has 0 aromatic heterocycles. The zero-order valence-corrected chi connectivity index (χ0v) is 14.8. The van der Waals surface area contributed by atoms with E-state index in [0.717, 1.165) is 0 Å². The number of oxime groups is 1. The summed E-state index contributed by atoms with van der Waals surface area (Å²) < 4.78 is 47.8. The Labute approximate surface area is 136 Å². The molecule has 0 amide bonds. The summed E-state index contributed by atoms with van der Waals surface area (Å²) in [6.45, 7) is 3.89. The molecule has 1 unspecified atom stereocenters. The van der Waals surface area contributed by atoms with Crippen molar-refractivity contribution < 1.29 is 26.9 Å². The van der Waals surface area contributed by atoms with Gasteiger partial charge in [-0.15, -0.1) is 0 Å². The van der Waals surface area contributed by atoms with Crippen molar-refractivity contribution in [3.05, 3.63) is 30.3 Å². The topological polar surface area (TPSA) is 91.3 Å². The molecule has 0 spiro atoms. The van der Waals surface area contributed by atoms with E-state index in [1.54, 1.807) is 32.0 Å². The standard InChI is InChI=1S/C14H20NO6PS/c1-3-19-22(16,20-4-2)11-12-10-14(21-15-12)23(17,18)13-8-6-5-7-9-13/h5-9,14H,3-4,10-11H2,1-2H3. The Morgan fingerprint density at radius 3 is 2.39 bits per heavy atom. The lowest BCUT2D eigenvalue weighted by atomic mass is 10.3. The summed E-state index contributed by atoms with van der Waals surface area (Å²) in [5.74, 6) is 0. The molecule has 0 fully saturated rings. The van der Waals surface area contributed by atoms with Crippen molar-refractivity contribution in [1.29, 1.82) is 0 Å². The normalized spacial score (nSPS) is 18.5. The van der Waals surface area contributed by atoms with Crippen LogP contribution in [0, 0.1) is 0 Å². The molecule has 128 valence electrons. The molecule has 1 heterocycles. The second-order valence-electron chi connectivity index (χ2n) is 4.86. The van der Waals surface area contributed by atoms with Gasteiger partial charge in [-0.3, -0.25) is 4.57 Å². The number of sulfone groups is 1. The van der Waals surface area contributed by atoms with Crippen LogP contribution in [0.15, 0.2) is 40.4 Å². The first-order chi connectivity index (χ1) is 10.9. The van der Waals surface area contributed by atoms with E-state index >= 15 is 0 Å². The largest absolute Gasteiger partial charge is 0.375 e. The predicted octanol–water partition coefficient (Wildman–Crippen LogP) is 2.83. The Hall–Kier alpha value is -1.21. The summed E-state index contributed by atoms with van der Waals surface area (Å²) >= 11 is 0. The monoisotopic (exact) mass is 361 g/mol. The molecule has 0 bridgehead atoms. The highest BCUT2D eigenvalue weighted by atomic mass is 32.2. The minimum Gasteiger partial charge on any atom is -0.375 e. The lowest BCUT2D eigenvalue weighted by Gasteiger charge is -2.16. The summed E-state index contributed by atoms with van der Waals surface area (Å²) in [6.07, 6.45) is -0.0309. The van der Waals surface area contributed by atoms with Gasteiger partial charge in [-0.25, -0.2) is 8.42 Å². The lowest BCUT2D eigenvalue weighted by Crippen LogP contribution is -2.22. The van der Waals surface area contributed by atoms with E-state index in [1.807, 2.05) is 0 Å². The Morgan fingerprint density at radius 2 is 1.83 bits per heavy atom. The number of benzene rings is 1. The van der Waals surface area contributed by atoms with Gasteiger partial charge in [-0.1, -0.05) is 23.4 Å². The quantitative estimate of drug-likeness (QED) is 0.661. The maximum Gasteiger partial charge on any atom is 0.336 e. The molecule has 0 aliphatic carbocycles. The summed E-state index contributed by atoms with van der Waals surface area (Å²) in [5, 5.41) is 3.76. The smallest absolute Gasteiger partial charge is 0.336 e. The predicted molar refractivity (Wildman–Crippen MR) is 86.3 cm³/mol. The SMILES string of the molecule is CCOP(=O)(CC1=NOC(S(=O)(=O)c2ccccc2)C1)OCC. The van der Waals surface area contributed by atoms with Crippen LogP contribution in [0.3, 0.4) is 0 Å². The fraction of sp³-hybridized carbons (Fsp3) is 0.500. The summed E-state index contributed by atoms with van der Waals surface area (Å²) in [7, 11) is -6.98. The van der Waals surface area contributed by atoms with Gasteiger partial charge in [0.2, 0.25) is 15.3 Å². The molecule has 7 nitrogen and oxygen atoms in total. The van der Waals surface area contributed by atoms with Gasteiger partial charge in [0.1, 0.15) is 0 Å². The van der Waals surface area contributed by atoms with Crippen LogP contribution in [-0.2, 0) is 28.3 Å². The Balaban J connectivity index is 2.07. The molecule has 1 atom stereocenters. The van der Waals surface area contributed by atoms with Crippen LogP contribution in [0.4, 0.5) is 0 Å². The van der Waals surface area contributed by atoms with Gasteiger partial charge in [0.15, 0.2) is 0 Å². The van der Waals surface area contributed by atoms with Crippen LogP contribution in [0.5, 0.6) is 0 Å². The van der Waals surface area contributed by atoms with Crippen molar-refractivity contribution in [3.8, 4) is 0 Å². The van der Waals surface area contributed by atoms with Crippen molar-refractivity contribution in [2.24, 2.45) is 5.16 Å². The Kier molecular flexibility index (Phi) is 5.97. The highest BCUT2D eigenvalue weighted by molar-refractivity contribution is 7.92. The zero-order chi connectivity index (χ0) is 16.9. The van der Waals surface area contributed by atoms with Gasteiger partial charge in [-0.05, 0) is 26.0 Å². The third-order valence-electron chi connectivity index (χ3n) is 3.15. The molecule has 2 rings (SSSR count). The fourth-order valence-electron chi connectivity index (χ4n) is 2.17. The van der Waals surface area contributed by atoms with Gasteiger partial charge >= 0.3 is 7.60 Å². The molecular weight excluding hydrogens is 341 g/mol. The van der Waals surface area contributed by atoms with Gasteiger partial charge in [0, 0.05) is 6.42 Å². The fourth-order valence-corrected chi connectivity index (χ4v) is 5.25. The first-order valence-corrected chi connectivity index (χ1v) is 10.6. The number of hydrogen-bond acceptors (Lipinski definition) is 7. The average Bonchev–Trinajstić information content (AvgIpc) is 2.97. The van der Waals surface area contributed by atoms with Gasteiger partial charge in [-0.2, -0.15) is 0 Å². The molecule has 9 heteroatoms. The summed E-state index contributed by atoms with van der Waals surface area (Å²) in [5.41, 5.74) is -0.753. The van der Waals surface area contributed by atoms with E-state index in [2.05, 4.69) is 5.16 Å². The van der Waals surface area contributed by atoms with Crippen LogP contribution >= 0.6 is 7.60 Å². The van der Waals surface area contributed by atoms with Gasteiger partial charge in [0.05, 0.1) is 30.0 Å². The minimum absolute atomic E-state index is 0.0430. The second kappa shape index (κ2) is 7.57. The van der Waals surface area contributed by atoms with Crippen LogP contribution in [0.2, 0.25) is 0 Å². The third kappa shape index (κ3) is 4.41. The van der Waals surface area contributed by atoms with E-state index in [0.29, 0.717) is 5.71 Å². The van der Waals surface area contributed by atoms with Crippen molar-refractivity contribution in [2.75, 3.05) is 19.4 Å². The molecule has 0 radical (unpaired) electrons. The number of hydrogen-bond donors (Lipinski definition) is 0. The molecular formula is C14H20NO6PS. The summed E-state index contributed by atoms with van der Waals surface area (Å²) in [6, 6.07) is 8.02. The zero-order valence-electron chi connectivity index (χ0n) is 13.0. The highest BCUT2D eigenvalue weighted by Gasteiger charge is 2.38. The van der Waals surface area contributed by atoms with E-state index in [-0.39, 0.29) is 30.7 Å². The van der Waals surface area contributed by atoms with Crippen molar-refractivity contribution in [1.82, 2.24) is 0 Å². The van der Waals surface area contributed by atoms with E-state index < -0.39 is 22.9 Å². The lowest BCUT2D eigenvalue weighted by molar-refractivity contribution is 0.140. The van der Waals surface area contributed by atoms with Crippen LogP contribution < -0.4 is 0 Å².